The molecule has 0 bridgehead atoms. The molecule has 1 aromatic rings. The highest BCUT2D eigenvalue weighted by Crippen LogP contribution is 2.23. The van der Waals surface area contributed by atoms with Gasteiger partial charge in [0.05, 0.1) is 19.8 Å². The number of nitrogens with zero attached hydrogens (tertiary/aromatic N) is 2. The van der Waals surface area contributed by atoms with Crippen LogP contribution in [0.5, 0.6) is 0 Å². The molecule has 0 fully saturated rings. The third-order valence-electron chi connectivity index (χ3n) is 4.38. The number of unbranched alkanes of at least 4 members (excludes halogenated alkanes) is 1. The minimum Gasteiger partial charge on any atom is -0.379 e. The van der Waals surface area contributed by atoms with Crippen LogP contribution in [0.2, 0.25) is 0 Å². The van der Waals surface area contributed by atoms with Gasteiger partial charge in [-0.15, -0.1) is 11.3 Å². The van der Waals surface area contributed by atoms with Crippen LogP contribution in [0.15, 0.2) is 16.4 Å². The highest BCUT2D eigenvalue weighted by atomic mass is 32.1. The molecule has 6 nitrogen and oxygen atoms in total. The second-order valence-corrected chi connectivity index (χ2v) is 7.40. The lowest BCUT2D eigenvalue weighted by Crippen LogP contribution is -2.43. The van der Waals surface area contributed by atoms with Gasteiger partial charge in [-0.05, 0) is 29.9 Å². The van der Waals surface area contributed by atoms with Gasteiger partial charge in [0.2, 0.25) is 0 Å². The van der Waals surface area contributed by atoms with Crippen molar-refractivity contribution in [3.63, 3.8) is 0 Å². The fourth-order valence-electron chi connectivity index (χ4n) is 2.86. The van der Waals surface area contributed by atoms with E-state index in [1.54, 1.807) is 11.9 Å². The number of hydrogen-bond acceptors (Lipinski definition) is 5. The number of aliphatic imine (C=N–C) groups is 1. The average molecular weight is 383 g/mol. The predicted molar refractivity (Wildman–Crippen MR) is 109 cm³/mol. The fourth-order valence-corrected chi connectivity index (χ4v) is 3.75. The molecule has 148 valence electrons. The zero-order chi connectivity index (χ0) is 18.5. The lowest BCUT2D eigenvalue weighted by atomic mass is 10.1. The Kier molecular flexibility index (Phi) is 10.6. The minimum atomic E-state index is 0.650. The first-order chi connectivity index (χ1) is 12.8. The Balaban J connectivity index is 1.47. The van der Waals surface area contributed by atoms with Crippen molar-refractivity contribution >= 4 is 17.3 Å². The Hall–Kier alpha value is -1.15. The highest BCUT2D eigenvalue weighted by molar-refractivity contribution is 7.10. The first kappa shape index (κ1) is 21.2. The van der Waals surface area contributed by atoms with E-state index >= 15 is 0 Å². The number of ether oxygens (including phenoxy) is 2. The molecule has 0 saturated heterocycles. The van der Waals surface area contributed by atoms with Crippen LogP contribution in [0.4, 0.5) is 0 Å². The predicted octanol–water partition coefficient (Wildman–Crippen LogP) is 2.10. The van der Waals surface area contributed by atoms with Crippen molar-refractivity contribution in [2.45, 2.75) is 32.7 Å². The van der Waals surface area contributed by atoms with Crippen LogP contribution in [0.1, 0.15) is 30.2 Å². The molecule has 0 unspecified atom stereocenters. The molecule has 0 amide bonds. The van der Waals surface area contributed by atoms with Gasteiger partial charge in [0.15, 0.2) is 5.96 Å². The minimum absolute atomic E-state index is 0.650. The second-order valence-electron chi connectivity index (χ2n) is 6.40. The molecule has 2 heterocycles. The average Bonchev–Trinajstić information content (AvgIpc) is 3.13. The van der Waals surface area contributed by atoms with Crippen molar-refractivity contribution in [1.29, 1.82) is 0 Å². The van der Waals surface area contributed by atoms with E-state index in [0.717, 1.165) is 51.7 Å². The summed E-state index contributed by atoms with van der Waals surface area (Å²) in [6, 6.07) is 2.26. The van der Waals surface area contributed by atoms with E-state index in [1.165, 1.54) is 18.4 Å². The van der Waals surface area contributed by atoms with Gasteiger partial charge in [0.25, 0.3) is 0 Å². The van der Waals surface area contributed by atoms with Gasteiger partial charge in [0.1, 0.15) is 0 Å². The van der Waals surface area contributed by atoms with Gasteiger partial charge in [-0.3, -0.25) is 9.89 Å². The molecule has 1 aliphatic heterocycles. The van der Waals surface area contributed by atoms with Gasteiger partial charge >= 0.3 is 0 Å². The first-order valence-corrected chi connectivity index (χ1v) is 10.6. The molecule has 0 spiro atoms. The molecule has 26 heavy (non-hydrogen) atoms. The Bertz CT molecular complexity index is 521. The summed E-state index contributed by atoms with van der Waals surface area (Å²) in [6.45, 7) is 9.87. The summed E-state index contributed by atoms with van der Waals surface area (Å²) < 4.78 is 11.0. The van der Waals surface area contributed by atoms with Crippen molar-refractivity contribution in [3.8, 4) is 0 Å². The second kappa shape index (κ2) is 13.1. The zero-order valence-corrected chi connectivity index (χ0v) is 17.1. The van der Waals surface area contributed by atoms with E-state index < -0.39 is 0 Å². The van der Waals surface area contributed by atoms with Gasteiger partial charge < -0.3 is 20.1 Å². The van der Waals surface area contributed by atoms with Crippen molar-refractivity contribution in [3.05, 3.63) is 21.9 Å². The summed E-state index contributed by atoms with van der Waals surface area (Å²) in [5.74, 6) is 0.834. The van der Waals surface area contributed by atoms with E-state index in [0.29, 0.717) is 19.8 Å². The Morgan fingerprint density at radius 1 is 1.19 bits per heavy atom. The number of rotatable bonds is 12. The molecular weight excluding hydrogens is 348 g/mol. The van der Waals surface area contributed by atoms with E-state index in [4.69, 9.17) is 9.47 Å². The number of guanidine groups is 1. The van der Waals surface area contributed by atoms with Crippen molar-refractivity contribution in [2.24, 2.45) is 4.99 Å². The number of thiophene rings is 1. The third-order valence-corrected chi connectivity index (χ3v) is 5.41. The highest BCUT2D eigenvalue weighted by Gasteiger charge is 2.16. The van der Waals surface area contributed by atoms with Gasteiger partial charge in [-0.25, -0.2) is 0 Å². The van der Waals surface area contributed by atoms with Crippen LogP contribution in [0, 0.1) is 0 Å². The van der Waals surface area contributed by atoms with Crippen molar-refractivity contribution < 1.29 is 9.47 Å². The molecular formula is C19H34N4O2S. The summed E-state index contributed by atoms with van der Waals surface area (Å²) in [5, 5.41) is 8.87. The van der Waals surface area contributed by atoms with Crippen LogP contribution < -0.4 is 10.6 Å². The summed E-state index contributed by atoms with van der Waals surface area (Å²) in [5.41, 5.74) is 1.50. The van der Waals surface area contributed by atoms with Crippen LogP contribution in [0.3, 0.4) is 0 Å². The van der Waals surface area contributed by atoms with Crippen LogP contribution in [-0.4, -0.2) is 70.5 Å². The summed E-state index contributed by atoms with van der Waals surface area (Å²) in [6.07, 6.45) is 3.47. The first-order valence-electron chi connectivity index (χ1n) is 9.71. The largest absolute Gasteiger partial charge is 0.379 e. The Labute approximate surface area is 162 Å². The summed E-state index contributed by atoms with van der Waals surface area (Å²) in [4.78, 5) is 8.32. The molecule has 0 saturated carbocycles. The number of hydrogen-bond donors (Lipinski definition) is 2. The van der Waals surface area contributed by atoms with Crippen LogP contribution in [-0.2, 0) is 22.4 Å². The van der Waals surface area contributed by atoms with Crippen molar-refractivity contribution in [1.82, 2.24) is 15.5 Å². The quantitative estimate of drug-likeness (QED) is 0.329. The monoisotopic (exact) mass is 382 g/mol. The lowest BCUT2D eigenvalue weighted by Gasteiger charge is -2.27. The maximum Gasteiger partial charge on any atom is 0.191 e. The Morgan fingerprint density at radius 2 is 2.00 bits per heavy atom. The normalized spacial score (nSPS) is 15.1. The molecule has 2 rings (SSSR count). The van der Waals surface area contributed by atoms with E-state index in [9.17, 15) is 0 Å². The molecule has 0 radical (unpaired) electrons. The molecule has 1 aromatic heterocycles. The smallest absolute Gasteiger partial charge is 0.191 e. The van der Waals surface area contributed by atoms with Gasteiger partial charge in [0, 0.05) is 51.3 Å². The standard InChI is InChI=1S/C19H34N4O2S/c1-3-4-11-24-13-14-25-12-8-22-19(20-2)21-7-10-23-9-5-18-17(16-23)6-15-26-18/h6,15H,3-5,7-14,16H2,1-2H3,(H2,20,21,22). The maximum atomic E-state index is 5.56. The molecule has 0 aromatic carbocycles. The van der Waals surface area contributed by atoms with E-state index in [2.05, 4.69) is 38.9 Å². The maximum absolute atomic E-state index is 5.56. The SMILES string of the molecule is CCCCOCCOCCNC(=NC)NCCN1CCc2sccc2C1. The zero-order valence-electron chi connectivity index (χ0n) is 16.3. The van der Waals surface area contributed by atoms with Crippen molar-refractivity contribution in [2.75, 3.05) is 59.7 Å². The van der Waals surface area contributed by atoms with Crippen LogP contribution >= 0.6 is 11.3 Å². The number of nitrogens with one attached hydrogen (secondary N) is 2. The van der Waals surface area contributed by atoms with Crippen LogP contribution in [0.25, 0.3) is 0 Å². The Morgan fingerprint density at radius 3 is 2.81 bits per heavy atom. The topological polar surface area (TPSA) is 58.1 Å². The van der Waals surface area contributed by atoms with E-state index in [-0.39, 0.29) is 0 Å². The fraction of sp³-hybridized carbons (Fsp3) is 0.737. The van der Waals surface area contributed by atoms with Gasteiger partial charge in [-0.2, -0.15) is 0 Å². The summed E-state index contributed by atoms with van der Waals surface area (Å²) >= 11 is 1.89. The lowest BCUT2D eigenvalue weighted by molar-refractivity contribution is 0.0487. The molecule has 0 atom stereocenters. The molecule has 1 aliphatic rings. The molecule has 7 heteroatoms. The summed E-state index contributed by atoms with van der Waals surface area (Å²) in [7, 11) is 1.80. The van der Waals surface area contributed by atoms with Gasteiger partial charge in [-0.1, -0.05) is 13.3 Å². The third kappa shape index (κ3) is 8.03. The molecule has 0 aliphatic carbocycles. The molecule has 2 N–H and O–H groups in total. The van der Waals surface area contributed by atoms with E-state index in [1.807, 2.05) is 11.3 Å². The number of fused-ring (bicyclic) bond motifs is 1.